The molecule has 1 saturated carbocycles. The minimum Gasteiger partial charge on any atom is -0.353 e. The molecule has 0 N–H and O–H groups in total. The van der Waals surface area contributed by atoms with Crippen molar-refractivity contribution in [2.75, 3.05) is 6.61 Å². The maximum absolute atomic E-state index is 6.04. The van der Waals surface area contributed by atoms with Crippen LogP contribution < -0.4 is 0 Å². The Morgan fingerprint density at radius 3 is 1.89 bits per heavy atom. The highest BCUT2D eigenvalue weighted by atomic mass is 16.7. The Morgan fingerprint density at radius 2 is 1.39 bits per heavy atom. The minimum absolute atomic E-state index is 0.0277. The third-order valence-corrected chi connectivity index (χ3v) is 3.74. The number of hydrogen-bond donors (Lipinski definition) is 0. The maximum atomic E-state index is 6.04. The van der Waals surface area contributed by atoms with Crippen molar-refractivity contribution in [2.24, 2.45) is 0 Å². The number of rotatable bonds is 5. The quantitative estimate of drug-likeness (QED) is 0.640. The molecule has 1 atom stereocenters. The van der Waals surface area contributed by atoms with Gasteiger partial charge in [0.25, 0.3) is 0 Å². The molecule has 0 radical (unpaired) electrons. The topological polar surface area (TPSA) is 18.5 Å². The van der Waals surface area contributed by atoms with E-state index < -0.39 is 0 Å². The SMILES string of the molecule is CCCOC(C)OC1CCCCCCCCCC1. The van der Waals surface area contributed by atoms with E-state index in [2.05, 4.69) is 6.92 Å². The maximum Gasteiger partial charge on any atom is 0.155 e. The molecule has 1 aliphatic carbocycles. The van der Waals surface area contributed by atoms with Gasteiger partial charge in [-0.05, 0) is 26.2 Å². The van der Waals surface area contributed by atoms with Crippen LogP contribution in [-0.4, -0.2) is 19.0 Å². The summed E-state index contributed by atoms with van der Waals surface area (Å²) in [6.45, 7) is 4.99. The highest BCUT2D eigenvalue weighted by molar-refractivity contribution is 4.62. The van der Waals surface area contributed by atoms with Crippen LogP contribution in [-0.2, 0) is 9.47 Å². The Labute approximate surface area is 113 Å². The smallest absolute Gasteiger partial charge is 0.155 e. The fraction of sp³-hybridized carbons (Fsp3) is 1.00. The second-order valence-electron chi connectivity index (χ2n) is 5.60. The summed E-state index contributed by atoms with van der Waals surface area (Å²) in [5.74, 6) is 0. The summed E-state index contributed by atoms with van der Waals surface area (Å²) in [6, 6.07) is 0. The van der Waals surface area contributed by atoms with Crippen LogP contribution in [0.15, 0.2) is 0 Å². The van der Waals surface area contributed by atoms with Gasteiger partial charge in [-0.15, -0.1) is 0 Å². The van der Waals surface area contributed by atoms with Gasteiger partial charge in [-0.2, -0.15) is 0 Å². The van der Waals surface area contributed by atoms with Gasteiger partial charge >= 0.3 is 0 Å². The molecule has 2 nitrogen and oxygen atoms in total. The predicted molar refractivity (Wildman–Crippen MR) is 76.7 cm³/mol. The fourth-order valence-corrected chi connectivity index (χ4v) is 2.68. The van der Waals surface area contributed by atoms with E-state index in [0.717, 1.165) is 13.0 Å². The molecule has 0 amide bonds. The first-order chi connectivity index (χ1) is 8.83. The van der Waals surface area contributed by atoms with Gasteiger partial charge in [0.05, 0.1) is 6.10 Å². The predicted octanol–water partition coefficient (Wildman–Crippen LogP) is 5.06. The van der Waals surface area contributed by atoms with Crippen molar-refractivity contribution in [1.29, 1.82) is 0 Å². The van der Waals surface area contributed by atoms with Crippen LogP contribution in [0.2, 0.25) is 0 Å². The van der Waals surface area contributed by atoms with E-state index in [9.17, 15) is 0 Å². The summed E-state index contributed by atoms with van der Waals surface area (Å²) >= 11 is 0. The van der Waals surface area contributed by atoms with Gasteiger partial charge in [-0.3, -0.25) is 0 Å². The lowest BCUT2D eigenvalue weighted by Crippen LogP contribution is -2.22. The minimum atomic E-state index is -0.0277. The first kappa shape index (κ1) is 16.0. The fourth-order valence-electron chi connectivity index (χ4n) is 2.68. The standard InChI is InChI=1S/C16H32O2/c1-3-14-17-15(2)18-16-12-10-8-6-4-5-7-9-11-13-16/h15-16H,3-14H2,1-2H3. The van der Waals surface area contributed by atoms with E-state index in [1.165, 1.54) is 64.2 Å². The molecule has 0 saturated heterocycles. The highest BCUT2D eigenvalue weighted by Gasteiger charge is 2.13. The third kappa shape index (κ3) is 8.10. The Morgan fingerprint density at radius 1 is 0.889 bits per heavy atom. The van der Waals surface area contributed by atoms with Crippen LogP contribution in [0, 0.1) is 0 Å². The second kappa shape index (κ2) is 10.8. The Balaban J connectivity index is 2.25. The highest BCUT2D eigenvalue weighted by Crippen LogP contribution is 2.20. The molecule has 0 aromatic heterocycles. The van der Waals surface area contributed by atoms with Gasteiger partial charge in [0.15, 0.2) is 6.29 Å². The summed E-state index contributed by atoms with van der Waals surface area (Å²) < 4.78 is 11.7. The third-order valence-electron chi connectivity index (χ3n) is 3.74. The van der Waals surface area contributed by atoms with E-state index in [1.54, 1.807) is 0 Å². The van der Waals surface area contributed by atoms with Crippen molar-refractivity contribution in [3.05, 3.63) is 0 Å². The van der Waals surface area contributed by atoms with Gasteiger partial charge < -0.3 is 9.47 Å². The van der Waals surface area contributed by atoms with Crippen molar-refractivity contribution < 1.29 is 9.47 Å². The zero-order valence-electron chi connectivity index (χ0n) is 12.5. The van der Waals surface area contributed by atoms with E-state index >= 15 is 0 Å². The van der Waals surface area contributed by atoms with Crippen LogP contribution in [0.25, 0.3) is 0 Å². The van der Waals surface area contributed by atoms with Crippen molar-refractivity contribution in [2.45, 2.75) is 96.9 Å². The molecule has 0 aliphatic heterocycles. The lowest BCUT2D eigenvalue weighted by atomic mass is 10.1. The summed E-state index contributed by atoms with van der Waals surface area (Å²) in [5, 5.41) is 0. The van der Waals surface area contributed by atoms with E-state index in [-0.39, 0.29) is 6.29 Å². The molecule has 0 heterocycles. The number of hydrogen-bond acceptors (Lipinski definition) is 2. The Bertz CT molecular complexity index is 170. The average molecular weight is 256 g/mol. The first-order valence-corrected chi connectivity index (χ1v) is 8.10. The molecular weight excluding hydrogens is 224 g/mol. The van der Waals surface area contributed by atoms with Crippen LogP contribution in [0.4, 0.5) is 0 Å². The van der Waals surface area contributed by atoms with E-state index in [1.807, 2.05) is 6.92 Å². The summed E-state index contributed by atoms with van der Waals surface area (Å²) in [5.41, 5.74) is 0. The van der Waals surface area contributed by atoms with Crippen molar-refractivity contribution in [3.63, 3.8) is 0 Å². The van der Waals surface area contributed by atoms with Crippen LogP contribution in [0.1, 0.15) is 84.5 Å². The molecule has 18 heavy (non-hydrogen) atoms. The molecule has 2 heteroatoms. The Kier molecular flexibility index (Phi) is 9.59. The molecule has 1 aliphatic rings. The van der Waals surface area contributed by atoms with Gasteiger partial charge in [-0.25, -0.2) is 0 Å². The Hall–Kier alpha value is -0.0800. The zero-order chi connectivity index (χ0) is 13.1. The van der Waals surface area contributed by atoms with Gasteiger partial charge in [0.1, 0.15) is 0 Å². The van der Waals surface area contributed by atoms with E-state index in [4.69, 9.17) is 9.47 Å². The zero-order valence-corrected chi connectivity index (χ0v) is 12.5. The first-order valence-electron chi connectivity index (χ1n) is 8.10. The van der Waals surface area contributed by atoms with Gasteiger partial charge in [0, 0.05) is 6.61 Å². The monoisotopic (exact) mass is 256 g/mol. The van der Waals surface area contributed by atoms with Crippen molar-refractivity contribution >= 4 is 0 Å². The van der Waals surface area contributed by atoms with E-state index in [0.29, 0.717) is 6.10 Å². The van der Waals surface area contributed by atoms with Crippen molar-refractivity contribution in [3.8, 4) is 0 Å². The molecule has 1 rings (SSSR count). The molecule has 0 aromatic rings. The molecule has 1 unspecified atom stereocenters. The lowest BCUT2D eigenvalue weighted by Gasteiger charge is -2.22. The normalized spacial score (nSPS) is 22.3. The van der Waals surface area contributed by atoms with Gasteiger partial charge in [-0.1, -0.05) is 58.3 Å². The lowest BCUT2D eigenvalue weighted by molar-refractivity contribution is -0.163. The number of ether oxygens (including phenoxy) is 2. The average Bonchev–Trinajstić information content (AvgIpc) is 2.42. The summed E-state index contributed by atoms with van der Waals surface area (Å²) in [4.78, 5) is 0. The van der Waals surface area contributed by atoms with Crippen LogP contribution in [0.3, 0.4) is 0 Å². The van der Waals surface area contributed by atoms with Crippen LogP contribution >= 0.6 is 0 Å². The molecule has 1 fully saturated rings. The molecular formula is C16H32O2. The molecule has 108 valence electrons. The van der Waals surface area contributed by atoms with Crippen molar-refractivity contribution in [1.82, 2.24) is 0 Å². The molecule has 0 bridgehead atoms. The molecule has 0 spiro atoms. The second-order valence-corrected chi connectivity index (χ2v) is 5.60. The van der Waals surface area contributed by atoms with Gasteiger partial charge in [0.2, 0.25) is 0 Å². The van der Waals surface area contributed by atoms with Crippen LogP contribution in [0.5, 0.6) is 0 Å². The largest absolute Gasteiger partial charge is 0.353 e. The summed E-state index contributed by atoms with van der Waals surface area (Å²) in [6.07, 6.45) is 15.0. The summed E-state index contributed by atoms with van der Waals surface area (Å²) in [7, 11) is 0. The molecule has 0 aromatic carbocycles.